The van der Waals surface area contributed by atoms with Gasteiger partial charge in [-0.3, -0.25) is 14.4 Å². The molecule has 0 fully saturated rings. The Bertz CT molecular complexity index is 1140. The third-order valence-electron chi connectivity index (χ3n) is 7.47. The number of allylic oxidation sites excluding steroid dienone is 4. The fraction of sp³-hybridized carbons (Fsp3) is 0.552. The number of carbonyl (C=O) groups excluding carboxylic acids is 3. The smallest absolute Gasteiger partial charge is 0.257 e. The summed E-state index contributed by atoms with van der Waals surface area (Å²) in [7, 11) is 3.20. The van der Waals surface area contributed by atoms with Gasteiger partial charge in [0, 0.05) is 62.0 Å². The first-order valence-electron chi connectivity index (χ1n) is 12.8. The number of halogens is 1. The number of hydrogen-bond donors (Lipinski definition) is 1. The molecule has 0 bridgehead atoms. The molecule has 3 aliphatic rings. The number of nitrogens with one attached hydrogen (secondary N) is 1. The van der Waals surface area contributed by atoms with Gasteiger partial charge in [0.05, 0.1) is 11.6 Å². The first kappa shape index (κ1) is 27.4. The van der Waals surface area contributed by atoms with Crippen LogP contribution in [0.4, 0.5) is 0 Å². The van der Waals surface area contributed by atoms with Crippen molar-refractivity contribution < 1.29 is 23.9 Å². The van der Waals surface area contributed by atoms with Gasteiger partial charge in [0.25, 0.3) is 5.91 Å². The van der Waals surface area contributed by atoms with Crippen LogP contribution in [0.2, 0.25) is 5.02 Å². The molecule has 1 aromatic rings. The van der Waals surface area contributed by atoms with Crippen LogP contribution in [0.15, 0.2) is 40.7 Å². The normalized spacial score (nSPS) is 21.1. The van der Waals surface area contributed by atoms with Crippen LogP contribution in [0, 0.1) is 10.8 Å². The van der Waals surface area contributed by atoms with E-state index < -0.39 is 5.92 Å². The molecule has 8 heteroatoms. The van der Waals surface area contributed by atoms with Gasteiger partial charge in [-0.2, -0.15) is 0 Å². The topological polar surface area (TPSA) is 84.9 Å². The Balaban J connectivity index is 1.87. The molecule has 0 radical (unpaired) electrons. The van der Waals surface area contributed by atoms with Crippen molar-refractivity contribution in [3.8, 4) is 5.75 Å². The Labute approximate surface area is 224 Å². The molecule has 0 saturated carbocycles. The average molecular weight is 529 g/mol. The molecule has 1 aromatic carbocycles. The van der Waals surface area contributed by atoms with E-state index >= 15 is 0 Å². The molecule has 1 amide bonds. The number of ether oxygens (including phenoxy) is 2. The fourth-order valence-electron chi connectivity index (χ4n) is 5.86. The number of likely N-dealkylation sites (N-methyl/N-ethyl adjacent to an activating group) is 1. The highest BCUT2D eigenvalue weighted by molar-refractivity contribution is 6.32. The van der Waals surface area contributed by atoms with Crippen molar-refractivity contribution in [2.45, 2.75) is 59.3 Å². The molecule has 4 rings (SSSR count). The summed E-state index contributed by atoms with van der Waals surface area (Å²) >= 11 is 6.60. The second-order valence-electron chi connectivity index (χ2n) is 11.8. The first-order chi connectivity index (χ1) is 17.4. The molecule has 0 atom stereocenters. The van der Waals surface area contributed by atoms with E-state index in [4.69, 9.17) is 21.1 Å². The lowest BCUT2D eigenvalue weighted by Gasteiger charge is -2.49. The van der Waals surface area contributed by atoms with Gasteiger partial charge in [0.15, 0.2) is 18.2 Å². The summed E-state index contributed by atoms with van der Waals surface area (Å²) < 4.78 is 11.0. The van der Waals surface area contributed by atoms with Crippen molar-refractivity contribution >= 4 is 29.1 Å². The lowest BCUT2D eigenvalue weighted by atomic mass is 9.63. The molecule has 1 heterocycles. The molecule has 2 aliphatic carbocycles. The summed E-state index contributed by atoms with van der Waals surface area (Å²) in [5.41, 5.74) is 3.77. The maximum absolute atomic E-state index is 13.8. The largest absolute Gasteiger partial charge is 0.482 e. The summed E-state index contributed by atoms with van der Waals surface area (Å²) in [5.74, 6) is -0.236. The number of benzene rings is 1. The molecular formula is C29H37ClN2O5. The van der Waals surface area contributed by atoms with Gasteiger partial charge in [-0.1, -0.05) is 45.4 Å². The van der Waals surface area contributed by atoms with Crippen molar-refractivity contribution in [2.24, 2.45) is 10.8 Å². The van der Waals surface area contributed by atoms with E-state index in [2.05, 4.69) is 37.9 Å². The van der Waals surface area contributed by atoms with E-state index in [-0.39, 0.29) is 34.9 Å². The van der Waals surface area contributed by atoms with Gasteiger partial charge in [-0.15, -0.1) is 0 Å². The molecule has 1 aliphatic heterocycles. The van der Waals surface area contributed by atoms with Crippen LogP contribution in [0.3, 0.4) is 0 Å². The predicted octanol–water partition coefficient (Wildman–Crippen LogP) is 4.80. The van der Waals surface area contributed by atoms with Crippen LogP contribution in [0.5, 0.6) is 5.75 Å². The molecule has 0 unspecified atom stereocenters. The number of hydrogen-bond acceptors (Lipinski definition) is 6. The van der Waals surface area contributed by atoms with Crippen LogP contribution < -0.4 is 10.1 Å². The van der Waals surface area contributed by atoms with E-state index in [1.54, 1.807) is 19.2 Å². The number of Topliss-reactive ketones (excluding diaryl/α,β-unsaturated/α-hetero) is 2. The van der Waals surface area contributed by atoms with Gasteiger partial charge in [-0.25, -0.2) is 0 Å². The standard InChI is InChI=1S/C29H37ClN2O5/c1-28(2)12-19-26(21(33)14-28)25(17-7-8-23(18(30)11-17)37-16-24(35)31-5)27-20(32(19)9-10-36-6)13-29(3,4)15-22(27)34/h7-8,11,25H,9-10,12-16H2,1-6H3,(H,31,35). The Kier molecular flexibility index (Phi) is 7.59. The van der Waals surface area contributed by atoms with Crippen molar-refractivity contribution in [2.75, 3.05) is 33.9 Å². The van der Waals surface area contributed by atoms with E-state index in [0.717, 1.165) is 29.8 Å². The fourth-order valence-corrected chi connectivity index (χ4v) is 6.11. The van der Waals surface area contributed by atoms with Crippen LogP contribution >= 0.6 is 11.6 Å². The monoisotopic (exact) mass is 528 g/mol. The number of ketones is 2. The minimum atomic E-state index is -0.485. The third-order valence-corrected chi connectivity index (χ3v) is 7.76. The highest BCUT2D eigenvalue weighted by Crippen LogP contribution is 2.54. The highest BCUT2D eigenvalue weighted by Gasteiger charge is 2.48. The van der Waals surface area contributed by atoms with E-state index in [9.17, 15) is 14.4 Å². The Morgan fingerprint density at radius 3 is 2.08 bits per heavy atom. The number of carbonyl (C=O) groups is 3. The summed E-state index contributed by atoms with van der Waals surface area (Å²) in [6, 6.07) is 5.34. The van der Waals surface area contributed by atoms with Crippen LogP contribution in [-0.4, -0.2) is 56.3 Å². The summed E-state index contributed by atoms with van der Waals surface area (Å²) in [6.45, 7) is 9.40. The van der Waals surface area contributed by atoms with Gasteiger partial charge in [-0.05, 0) is 41.4 Å². The minimum absolute atomic E-state index is 0.0684. The van der Waals surface area contributed by atoms with Crippen LogP contribution in [0.25, 0.3) is 0 Å². The molecule has 7 nitrogen and oxygen atoms in total. The van der Waals surface area contributed by atoms with Crippen molar-refractivity contribution in [3.63, 3.8) is 0 Å². The Morgan fingerprint density at radius 1 is 1.03 bits per heavy atom. The number of methoxy groups -OCH3 is 1. The van der Waals surface area contributed by atoms with Crippen molar-refractivity contribution in [1.29, 1.82) is 0 Å². The third kappa shape index (κ3) is 5.48. The van der Waals surface area contributed by atoms with Gasteiger partial charge < -0.3 is 19.7 Å². The quantitative estimate of drug-likeness (QED) is 0.547. The molecule has 0 spiro atoms. The predicted molar refractivity (Wildman–Crippen MR) is 142 cm³/mol. The second kappa shape index (κ2) is 10.3. The Hall–Kier alpha value is -2.64. The number of rotatable bonds is 7. The van der Waals surface area contributed by atoms with Crippen LogP contribution in [-0.2, 0) is 19.1 Å². The molecule has 0 aromatic heterocycles. The molecule has 200 valence electrons. The summed E-state index contributed by atoms with van der Waals surface area (Å²) in [4.78, 5) is 41.4. The maximum Gasteiger partial charge on any atom is 0.257 e. The summed E-state index contributed by atoms with van der Waals surface area (Å²) in [6.07, 6.45) is 2.31. The zero-order chi connectivity index (χ0) is 27.1. The molecule has 1 N–H and O–H groups in total. The van der Waals surface area contributed by atoms with Crippen molar-refractivity contribution in [1.82, 2.24) is 10.2 Å². The SMILES string of the molecule is CNC(=O)COc1ccc(C2C3=C(CC(C)(C)CC3=O)N(CCOC)C3=C2C(=O)CC(C)(C)C3)cc1Cl. The Morgan fingerprint density at radius 2 is 1.59 bits per heavy atom. The summed E-state index contributed by atoms with van der Waals surface area (Å²) in [5, 5.41) is 2.85. The molecular weight excluding hydrogens is 492 g/mol. The molecule has 0 saturated heterocycles. The van der Waals surface area contributed by atoms with E-state index in [1.165, 1.54) is 7.05 Å². The molecule has 37 heavy (non-hydrogen) atoms. The first-order valence-corrected chi connectivity index (χ1v) is 13.2. The lowest BCUT2D eigenvalue weighted by molar-refractivity contribution is -0.123. The number of amides is 1. The minimum Gasteiger partial charge on any atom is -0.482 e. The van der Waals surface area contributed by atoms with Gasteiger partial charge >= 0.3 is 0 Å². The maximum atomic E-state index is 13.8. The second-order valence-corrected chi connectivity index (χ2v) is 12.2. The van der Waals surface area contributed by atoms with Gasteiger partial charge in [0.2, 0.25) is 0 Å². The highest BCUT2D eigenvalue weighted by atomic mass is 35.5. The lowest BCUT2D eigenvalue weighted by Crippen LogP contribution is -2.45. The van der Waals surface area contributed by atoms with E-state index in [0.29, 0.717) is 47.9 Å². The van der Waals surface area contributed by atoms with E-state index in [1.807, 2.05) is 6.07 Å². The van der Waals surface area contributed by atoms with Gasteiger partial charge in [0.1, 0.15) is 5.75 Å². The van der Waals surface area contributed by atoms with Crippen molar-refractivity contribution in [3.05, 3.63) is 51.3 Å². The zero-order valence-corrected chi connectivity index (χ0v) is 23.4. The zero-order valence-electron chi connectivity index (χ0n) is 22.6. The number of nitrogens with zero attached hydrogens (tertiary/aromatic N) is 1. The van der Waals surface area contributed by atoms with Crippen LogP contribution in [0.1, 0.15) is 64.9 Å². The average Bonchev–Trinajstić information content (AvgIpc) is 2.79.